The Kier molecular flexibility index (Phi) is 5.56. The molecule has 8 heteroatoms. The highest BCUT2D eigenvalue weighted by Crippen LogP contribution is 2.36. The van der Waals surface area contributed by atoms with Gasteiger partial charge in [-0.1, -0.05) is 42.0 Å². The molecule has 1 aliphatic heterocycles. The minimum Gasteiger partial charge on any atom is -0.357 e. The number of nitrogens with one attached hydrogen (secondary N) is 1. The number of hydrogen-bond acceptors (Lipinski definition) is 5. The van der Waals surface area contributed by atoms with Crippen LogP contribution in [0.1, 0.15) is 40.5 Å². The number of benzene rings is 3. The van der Waals surface area contributed by atoms with E-state index in [2.05, 4.69) is 43.6 Å². The Morgan fingerprint density at radius 1 is 1.06 bits per heavy atom. The second-order valence-electron chi connectivity index (χ2n) is 9.29. The van der Waals surface area contributed by atoms with E-state index < -0.39 is 6.04 Å². The minimum atomic E-state index is -0.504. The number of para-hydroxylation sites is 1. The molecule has 0 aliphatic carbocycles. The lowest BCUT2D eigenvalue weighted by Gasteiger charge is -2.37. The molecule has 0 bridgehead atoms. The van der Waals surface area contributed by atoms with E-state index >= 15 is 0 Å². The molecule has 5 aromatic rings. The molecule has 0 amide bonds. The molecule has 36 heavy (non-hydrogen) atoms. The van der Waals surface area contributed by atoms with Crippen molar-refractivity contribution < 1.29 is 4.39 Å². The number of fused-ring (bicyclic) bond motifs is 2. The van der Waals surface area contributed by atoms with Crippen LogP contribution in [-0.2, 0) is 13.0 Å². The first kappa shape index (κ1) is 22.2. The lowest BCUT2D eigenvalue weighted by Crippen LogP contribution is -2.38. The van der Waals surface area contributed by atoms with Crippen molar-refractivity contribution in [2.45, 2.75) is 32.4 Å². The predicted molar refractivity (Wildman–Crippen MR) is 137 cm³/mol. The molecule has 180 valence electrons. The van der Waals surface area contributed by atoms with Gasteiger partial charge in [0, 0.05) is 23.3 Å². The van der Waals surface area contributed by atoms with Gasteiger partial charge in [-0.3, -0.25) is 4.79 Å². The maximum Gasteiger partial charge on any atom is 0.254 e. The van der Waals surface area contributed by atoms with E-state index in [1.54, 1.807) is 16.8 Å². The number of rotatable bonds is 5. The van der Waals surface area contributed by atoms with Gasteiger partial charge < -0.3 is 9.88 Å². The molecular weight excluding hydrogens is 455 g/mol. The Morgan fingerprint density at radius 3 is 2.75 bits per heavy atom. The average Bonchev–Trinajstić information content (AvgIpc) is 3.34. The molecule has 1 N–H and O–H groups in total. The van der Waals surface area contributed by atoms with E-state index in [4.69, 9.17) is 0 Å². The molecule has 6 rings (SSSR count). The van der Waals surface area contributed by atoms with Crippen LogP contribution >= 0.6 is 0 Å². The van der Waals surface area contributed by atoms with Gasteiger partial charge in [0.05, 0.1) is 6.54 Å². The first-order valence-electron chi connectivity index (χ1n) is 12.1. The summed E-state index contributed by atoms with van der Waals surface area (Å²) < 4.78 is 15.2. The Morgan fingerprint density at radius 2 is 1.89 bits per heavy atom. The van der Waals surface area contributed by atoms with Crippen LogP contribution in [0.3, 0.4) is 0 Å². The van der Waals surface area contributed by atoms with Crippen LogP contribution in [0.15, 0.2) is 77.6 Å². The number of aromatic nitrogens is 5. The fourth-order valence-corrected chi connectivity index (χ4v) is 5.11. The zero-order valence-electron chi connectivity index (χ0n) is 19.9. The third-order valence-corrected chi connectivity index (χ3v) is 6.83. The first-order valence-corrected chi connectivity index (χ1v) is 12.1. The summed E-state index contributed by atoms with van der Waals surface area (Å²) in [6, 6.07) is 22.0. The van der Waals surface area contributed by atoms with E-state index in [1.807, 2.05) is 37.3 Å². The molecule has 0 saturated heterocycles. The summed E-state index contributed by atoms with van der Waals surface area (Å²) in [5.74, 6) is 0.269. The topological polar surface area (TPSA) is 79.7 Å². The van der Waals surface area contributed by atoms with Crippen LogP contribution < -0.4 is 10.5 Å². The second-order valence-corrected chi connectivity index (χ2v) is 9.29. The van der Waals surface area contributed by atoms with Crippen LogP contribution in [0, 0.1) is 12.7 Å². The number of pyridine rings is 1. The number of hydrogen-bond donors (Lipinski definition) is 1. The maximum atomic E-state index is 13.5. The molecule has 0 spiro atoms. The summed E-state index contributed by atoms with van der Waals surface area (Å²) in [6.45, 7) is 3.15. The van der Waals surface area contributed by atoms with Crippen molar-refractivity contribution >= 4 is 16.6 Å². The van der Waals surface area contributed by atoms with Crippen molar-refractivity contribution in [3.05, 3.63) is 117 Å². The quantitative estimate of drug-likeness (QED) is 0.399. The fourth-order valence-electron chi connectivity index (χ4n) is 5.11. The van der Waals surface area contributed by atoms with Crippen molar-refractivity contribution in [1.29, 1.82) is 0 Å². The van der Waals surface area contributed by atoms with Crippen molar-refractivity contribution in [3.63, 3.8) is 0 Å². The van der Waals surface area contributed by atoms with E-state index in [-0.39, 0.29) is 11.4 Å². The van der Waals surface area contributed by atoms with Gasteiger partial charge in [0.1, 0.15) is 11.9 Å². The lowest BCUT2D eigenvalue weighted by atomic mass is 9.96. The summed E-state index contributed by atoms with van der Waals surface area (Å²) in [7, 11) is 0. The predicted octanol–water partition coefficient (Wildman–Crippen LogP) is 4.55. The Bertz CT molecular complexity index is 1610. The van der Waals surface area contributed by atoms with Crippen LogP contribution in [0.25, 0.3) is 10.9 Å². The number of aromatic amines is 1. The average molecular weight is 481 g/mol. The smallest absolute Gasteiger partial charge is 0.254 e. The summed E-state index contributed by atoms with van der Waals surface area (Å²) in [5.41, 5.74) is 5.49. The van der Waals surface area contributed by atoms with Crippen molar-refractivity contribution in [1.82, 2.24) is 25.2 Å². The molecule has 1 aliphatic rings. The zero-order chi connectivity index (χ0) is 24.6. The minimum absolute atomic E-state index is 0.171. The van der Waals surface area contributed by atoms with Gasteiger partial charge in [0.25, 0.3) is 5.56 Å². The molecule has 3 heterocycles. The number of tetrazole rings is 1. The SMILES string of the molecule is Cc1ccc2[nH]c(=O)c([C@@H](c3nnnn3Cc3ccc(F)cc3)N3CCCc4ccccc43)cc2c1. The number of anilines is 1. The molecule has 3 aromatic carbocycles. The van der Waals surface area contributed by atoms with Crippen LogP contribution in [0.5, 0.6) is 0 Å². The van der Waals surface area contributed by atoms with E-state index in [9.17, 15) is 9.18 Å². The normalized spacial score (nSPS) is 14.1. The number of halogens is 1. The van der Waals surface area contributed by atoms with Crippen molar-refractivity contribution in [2.75, 3.05) is 11.4 Å². The molecule has 7 nitrogen and oxygen atoms in total. The second kappa shape index (κ2) is 9.03. The number of aryl methyl sites for hydroxylation is 2. The molecule has 2 aromatic heterocycles. The lowest BCUT2D eigenvalue weighted by molar-refractivity contribution is 0.554. The molecule has 0 radical (unpaired) electrons. The van der Waals surface area contributed by atoms with Gasteiger partial charge in [-0.2, -0.15) is 0 Å². The third-order valence-electron chi connectivity index (χ3n) is 6.83. The Labute approximate surface area is 207 Å². The molecule has 1 atom stereocenters. The highest BCUT2D eigenvalue weighted by atomic mass is 19.1. The van der Waals surface area contributed by atoms with Gasteiger partial charge in [-0.15, -0.1) is 5.10 Å². The van der Waals surface area contributed by atoms with Gasteiger partial charge in [-0.05, 0) is 83.1 Å². The largest absolute Gasteiger partial charge is 0.357 e. The van der Waals surface area contributed by atoms with Crippen molar-refractivity contribution in [2.24, 2.45) is 0 Å². The number of nitrogens with zero attached hydrogens (tertiary/aromatic N) is 5. The standard InChI is InChI=1S/C28H25FN6O/c1-18-8-13-24-21(15-18)16-23(28(36)30-24)26(34-14-4-6-20-5-2-3-7-25(20)34)27-31-32-33-35(27)17-19-9-11-22(29)12-10-19/h2-3,5,7-13,15-16,26H,4,6,14,17H2,1H3,(H,30,36)/t26-/m0/s1. The number of H-pyrrole nitrogens is 1. The summed E-state index contributed by atoms with van der Waals surface area (Å²) >= 11 is 0. The third kappa shape index (κ3) is 4.04. The zero-order valence-corrected chi connectivity index (χ0v) is 19.9. The summed E-state index contributed by atoms with van der Waals surface area (Å²) in [5, 5.41) is 13.6. The monoisotopic (exact) mass is 480 g/mol. The van der Waals surface area contributed by atoms with Crippen molar-refractivity contribution in [3.8, 4) is 0 Å². The van der Waals surface area contributed by atoms with Crippen LogP contribution in [0.2, 0.25) is 0 Å². The summed E-state index contributed by atoms with van der Waals surface area (Å²) in [4.78, 5) is 18.8. The van der Waals surface area contributed by atoms with E-state index in [0.29, 0.717) is 17.9 Å². The maximum absolute atomic E-state index is 13.5. The highest BCUT2D eigenvalue weighted by molar-refractivity contribution is 5.80. The van der Waals surface area contributed by atoms with Gasteiger partial charge in [-0.25, -0.2) is 9.07 Å². The van der Waals surface area contributed by atoms with E-state index in [1.165, 1.54) is 17.7 Å². The molecule has 0 unspecified atom stereocenters. The first-order chi connectivity index (χ1) is 17.6. The molecule has 0 saturated carbocycles. The molecular formula is C28H25FN6O. The Hall–Kier alpha value is -4.33. The van der Waals surface area contributed by atoms with Gasteiger partial charge >= 0.3 is 0 Å². The van der Waals surface area contributed by atoms with Gasteiger partial charge in [0.15, 0.2) is 5.82 Å². The molecule has 0 fully saturated rings. The highest BCUT2D eigenvalue weighted by Gasteiger charge is 2.33. The van der Waals surface area contributed by atoms with Crippen LogP contribution in [-0.4, -0.2) is 31.7 Å². The van der Waals surface area contributed by atoms with Gasteiger partial charge in [0.2, 0.25) is 0 Å². The summed E-state index contributed by atoms with van der Waals surface area (Å²) in [6.07, 6.45) is 1.94. The van der Waals surface area contributed by atoms with E-state index in [0.717, 1.165) is 47.1 Å². The van der Waals surface area contributed by atoms with Crippen LogP contribution in [0.4, 0.5) is 10.1 Å². The fraction of sp³-hybridized carbons (Fsp3) is 0.214. The Balaban J connectivity index is 1.53.